The first-order valence-electron chi connectivity index (χ1n) is 8.67. The van der Waals surface area contributed by atoms with E-state index in [2.05, 4.69) is 15.2 Å². The zero-order valence-electron chi connectivity index (χ0n) is 15.2. The van der Waals surface area contributed by atoms with Gasteiger partial charge < -0.3 is 4.74 Å². The van der Waals surface area contributed by atoms with Gasteiger partial charge in [0.15, 0.2) is 0 Å². The Morgan fingerprint density at radius 1 is 1.18 bits per heavy atom. The summed E-state index contributed by atoms with van der Waals surface area (Å²) in [4.78, 5) is 12.1. The van der Waals surface area contributed by atoms with Crippen molar-refractivity contribution < 1.29 is 17.9 Å². The highest BCUT2D eigenvalue weighted by Crippen LogP contribution is 2.25. The standard InChI is InChI=1S/C19H20ClN3O4S/c1-27-15-7-10-17-13(11-15)3-2-4-18(17)22-23-19(24)12-21-28(25,26)16-8-5-14(20)6-9-16/h5-11,21H,2-4,12H2,1H3,(H,23,24)/b22-18+. The minimum absolute atomic E-state index is 0.0335. The summed E-state index contributed by atoms with van der Waals surface area (Å²) in [7, 11) is -2.19. The summed E-state index contributed by atoms with van der Waals surface area (Å²) < 4.78 is 31.9. The van der Waals surface area contributed by atoms with Crippen LogP contribution in [0.15, 0.2) is 52.5 Å². The number of hydrogen-bond donors (Lipinski definition) is 2. The van der Waals surface area contributed by atoms with Crippen LogP contribution in [0.25, 0.3) is 0 Å². The molecule has 0 heterocycles. The third-order valence-electron chi connectivity index (χ3n) is 4.35. The molecule has 0 atom stereocenters. The maximum atomic E-state index is 12.2. The summed E-state index contributed by atoms with van der Waals surface area (Å²) in [5, 5.41) is 4.62. The van der Waals surface area contributed by atoms with Gasteiger partial charge in [0.1, 0.15) is 5.75 Å². The molecule has 0 fully saturated rings. The molecule has 0 bridgehead atoms. The first kappa shape index (κ1) is 20.3. The molecule has 1 amide bonds. The SMILES string of the molecule is COc1ccc2c(c1)CCC/C2=N\NC(=O)CNS(=O)(=O)c1ccc(Cl)cc1. The van der Waals surface area contributed by atoms with Gasteiger partial charge >= 0.3 is 0 Å². The maximum Gasteiger partial charge on any atom is 0.255 e. The molecule has 9 heteroatoms. The van der Waals surface area contributed by atoms with Crippen LogP contribution in [0.1, 0.15) is 24.0 Å². The van der Waals surface area contributed by atoms with Crippen molar-refractivity contribution >= 4 is 33.2 Å². The van der Waals surface area contributed by atoms with Crippen molar-refractivity contribution in [2.24, 2.45) is 5.10 Å². The Balaban J connectivity index is 1.62. The first-order valence-corrected chi connectivity index (χ1v) is 10.5. The van der Waals surface area contributed by atoms with E-state index in [1.54, 1.807) is 7.11 Å². The summed E-state index contributed by atoms with van der Waals surface area (Å²) in [5.74, 6) is 0.228. The van der Waals surface area contributed by atoms with E-state index in [1.165, 1.54) is 24.3 Å². The Morgan fingerprint density at radius 3 is 2.64 bits per heavy atom. The molecule has 2 N–H and O–H groups in total. The van der Waals surface area contributed by atoms with Gasteiger partial charge in [-0.1, -0.05) is 11.6 Å². The molecule has 28 heavy (non-hydrogen) atoms. The summed E-state index contributed by atoms with van der Waals surface area (Å²) in [5.41, 5.74) is 5.27. The second-order valence-corrected chi connectivity index (χ2v) is 8.45. The van der Waals surface area contributed by atoms with Crippen molar-refractivity contribution in [2.45, 2.75) is 24.2 Å². The van der Waals surface area contributed by atoms with E-state index in [4.69, 9.17) is 16.3 Å². The normalized spacial score (nSPS) is 15.1. The van der Waals surface area contributed by atoms with Crippen LogP contribution in [0.2, 0.25) is 5.02 Å². The van der Waals surface area contributed by atoms with Crippen molar-refractivity contribution in [3.8, 4) is 5.75 Å². The van der Waals surface area contributed by atoms with Crippen LogP contribution in [0.4, 0.5) is 0 Å². The highest BCUT2D eigenvalue weighted by Gasteiger charge is 2.18. The molecule has 0 unspecified atom stereocenters. The second-order valence-electron chi connectivity index (χ2n) is 6.25. The highest BCUT2D eigenvalue weighted by molar-refractivity contribution is 7.89. The van der Waals surface area contributed by atoms with E-state index in [9.17, 15) is 13.2 Å². The number of aryl methyl sites for hydroxylation is 1. The van der Waals surface area contributed by atoms with E-state index >= 15 is 0 Å². The zero-order chi connectivity index (χ0) is 20.1. The Kier molecular flexibility index (Phi) is 6.33. The molecule has 0 saturated heterocycles. The minimum Gasteiger partial charge on any atom is -0.497 e. The summed E-state index contributed by atoms with van der Waals surface area (Å²) in [6, 6.07) is 11.4. The van der Waals surface area contributed by atoms with Crippen LogP contribution in [0.5, 0.6) is 5.75 Å². The molecule has 1 aliphatic rings. The molecule has 0 saturated carbocycles. The Morgan fingerprint density at radius 2 is 1.93 bits per heavy atom. The summed E-state index contributed by atoms with van der Waals surface area (Å²) >= 11 is 5.76. The molecule has 2 aromatic rings. The Hall–Kier alpha value is -2.42. The molecule has 1 aliphatic carbocycles. The van der Waals surface area contributed by atoms with Gasteiger partial charge in [-0.25, -0.2) is 18.6 Å². The van der Waals surface area contributed by atoms with E-state index in [0.717, 1.165) is 41.9 Å². The summed E-state index contributed by atoms with van der Waals surface area (Å²) in [6.45, 7) is -0.419. The van der Waals surface area contributed by atoms with Gasteiger partial charge in [-0.05, 0) is 67.3 Å². The average Bonchev–Trinajstić information content (AvgIpc) is 2.70. The van der Waals surface area contributed by atoms with E-state index in [-0.39, 0.29) is 4.90 Å². The minimum atomic E-state index is -3.80. The van der Waals surface area contributed by atoms with Crippen LogP contribution in [-0.2, 0) is 21.2 Å². The third kappa shape index (κ3) is 4.89. The molecule has 0 spiro atoms. The molecular formula is C19H20ClN3O4S. The second kappa shape index (κ2) is 8.72. The number of carbonyl (C=O) groups is 1. The number of carbonyl (C=O) groups excluding carboxylic acids is 1. The fourth-order valence-corrected chi connectivity index (χ4v) is 4.02. The van der Waals surface area contributed by atoms with Gasteiger partial charge in [0.25, 0.3) is 5.91 Å². The molecule has 7 nitrogen and oxygen atoms in total. The van der Waals surface area contributed by atoms with Crippen LogP contribution in [0, 0.1) is 0 Å². The van der Waals surface area contributed by atoms with Crippen molar-refractivity contribution in [1.29, 1.82) is 0 Å². The molecular weight excluding hydrogens is 402 g/mol. The number of hydrogen-bond acceptors (Lipinski definition) is 5. The summed E-state index contributed by atoms with van der Waals surface area (Å²) in [6.07, 6.45) is 2.56. The van der Waals surface area contributed by atoms with Gasteiger partial charge in [-0.2, -0.15) is 5.10 Å². The number of benzene rings is 2. The lowest BCUT2D eigenvalue weighted by molar-refractivity contribution is -0.119. The third-order valence-corrected chi connectivity index (χ3v) is 6.01. The lowest BCUT2D eigenvalue weighted by atomic mass is 9.90. The number of nitrogens with one attached hydrogen (secondary N) is 2. The van der Waals surface area contributed by atoms with Crippen LogP contribution >= 0.6 is 11.6 Å². The number of nitrogens with zero attached hydrogens (tertiary/aromatic N) is 1. The number of methoxy groups -OCH3 is 1. The Bertz CT molecular complexity index is 1000. The van der Waals surface area contributed by atoms with Crippen LogP contribution in [-0.4, -0.2) is 33.7 Å². The van der Waals surface area contributed by atoms with Gasteiger partial charge in [0.2, 0.25) is 10.0 Å². The lowest BCUT2D eigenvalue weighted by Crippen LogP contribution is -2.35. The van der Waals surface area contributed by atoms with Crippen molar-refractivity contribution in [1.82, 2.24) is 10.1 Å². The molecule has 0 aromatic heterocycles. The molecule has 0 aliphatic heterocycles. The quantitative estimate of drug-likeness (QED) is 0.700. The Labute approximate surface area is 168 Å². The van der Waals surface area contributed by atoms with Gasteiger partial charge in [-0.3, -0.25) is 4.79 Å². The lowest BCUT2D eigenvalue weighted by Gasteiger charge is -2.18. The smallest absolute Gasteiger partial charge is 0.255 e. The van der Waals surface area contributed by atoms with Crippen molar-refractivity contribution in [3.63, 3.8) is 0 Å². The zero-order valence-corrected chi connectivity index (χ0v) is 16.8. The van der Waals surface area contributed by atoms with Crippen LogP contribution in [0.3, 0.4) is 0 Å². The molecule has 3 rings (SSSR count). The molecule has 2 aromatic carbocycles. The largest absolute Gasteiger partial charge is 0.497 e. The van der Waals surface area contributed by atoms with E-state index < -0.39 is 22.5 Å². The highest BCUT2D eigenvalue weighted by atomic mass is 35.5. The van der Waals surface area contributed by atoms with Gasteiger partial charge in [-0.15, -0.1) is 0 Å². The van der Waals surface area contributed by atoms with Crippen molar-refractivity contribution in [2.75, 3.05) is 13.7 Å². The number of halogens is 1. The topological polar surface area (TPSA) is 96.9 Å². The van der Waals surface area contributed by atoms with Gasteiger partial charge in [0, 0.05) is 10.6 Å². The number of hydrazone groups is 1. The molecule has 148 valence electrons. The first-order chi connectivity index (χ1) is 13.4. The predicted octanol–water partition coefficient (Wildman–Crippen LogP) is 2.48. The van der Waals surface area contributed by atoms with E-state index in [0.29, 0.717) is 5.02 Å². The number of rotatable bonds is 6. The number of amides is 1. The average molecular weight is 422 g/mol. The van der Waals surface area contributed by atoms with Crippen LogP contribution < -0.4 is 14.9 Å². The fraction of sp³-hybridized carbons (Fsp3) is 0.263. The number of ether oxygens (including phenoxy) is 1. The van der Waals surface area contributed by atoms with E-state index in [1.807, 2.05) is 18.2 Å². The maximum absolute atomic E-state index is 12.2. The van der Waals surface area contributed by atoms with Gasteiger partial charge in [0.05, 0.1) is 24.3 Å². The fourth-order valence-electron chi connectivity index (χ4n) is 2.91. The number of fused-ring (bicyclic) bond motifs is 1. The predicted molar refractivity (Wildman–Crippen MR) is 107 cm³/mol. The monoisotopic (exact) mass is 421 g/mol. The molecule has 0 radical (unpaired) electrons. The number of sulfonamides is 1. The van der Waals surface area contributed by atoms with Crippen molar-refractivity contribution in [3.05, 3.63) is 58.6 Å².